The van der Waals surface area contributed by atoms with Crippen LogP contribution in [0.1, 0.15) is 85.9 Å². The minimum atomic E-state index is -4.12. The first-order valence-corrected chi connectivity index (χ1v) is 20.6. The van der Waals surface area contributed by atoms with E-state index < -0.39 is 70.6 Å². The van der Waals surface area contributed by atoms with Crippen molar-refractivity contribution in [3.63, 3.8) is 0 Å². The number of ketones is 1. The Morgan fingerprint density at radius 1 is 0.893 bits per heavy atom. The van der Waals surface area contributed by atoms with Gasteiger partial charge in [0.2, 0.25) is 29.4 Å². The van der Waals surface area contributed by atoms with Crippen LogP contribution in [0.15, 0.2) is 6.20 Å². The molecule has 0 aliphatic carbocycles. The predicted octanol–water partition coefficient (Wildman–Crippen LogP) is 0.223. The van der Waals surface area contributed by atoms with E-state index in [1.54, 1.807) is 24.7 Å². The number of ether oxygens (including phenoxy) is 3. The molecule has 3 atom stereocenters. The van der Waals surface area contributed by atoms with Gasteiger partial charge in [-0.1, -0.05) is 46.8 Å². The summed E-state index contributed by atoms with van der Waals surface area (Å²) < 4.78 is 46.2. The van der Waals surface area contributed by atoms with E-state index in [9.17, 15) is 37.2 Å². The van der Waals surface area contributed by atoms with Crippen LogP contribution in [0.25, 0.3) is 0 Å². The van der Waals surface area contributed by atoms with Gasteiger partial charge in [-0.15, -0.1) is 5.10 Å². The van der Waals surface area contributed by atoms with Crippen molar-refractivity contribution < 1.29 is 55.6 Å². The van der Waals surface area contributed by atoms with Crippen LogP contribution in [-0.4, -0.2) is 140 Å². The fourth-order valence-corrected chi connectivity index (χ4v) is 6.13. The van der Waals surface area contributed by atoms with Crippen LogP contribution in [0.2, 0.25) is 0 Å². The summed E-state index contributed by atoms with van der Waals surface area (Å²) in [6.07, 6.45) is 2.91. The first-order chi connectivity index (χ1) is 26.2. The first-order valence-electron chi connectivity index (χ1n) is 18.8. The maximum absolute atomic E-state index is 14.0. The van der Waals surface area contributed by atoms with Crippen molar-refractivity contribution in [2.45, 2.75) is 104 Å². The molecule has 2 heterocycles. The number of carbonyl (C=O) groups is 6. The average Bonchev–Trinajstić information content (AvgIpc) is 3.59. The van der Waals surface area contributed by atoms with Gasteiger partial charge in [0.1, 0.15) is 24.9 Å². The molecule has 1 aliphatic rings. The lowest BCUT2D eigenvalue weighted by atomic mass is 9.90. The number of hydrogen-bond acceptors (Lipinski definition) is 15. The van der Waals surface area contributed by atoms with Crippen molar-refractivity contribution in [2.24, 2.45) is 11.8 Å². The average molecular weight is 817 g/mol. The molecule has 4 amide bonds. The Kier molecular flexibility index (Phi) is 19.8. The van der Waals surface area contributed by atoms with Gasteiger partial charge in [-0.25, -0.2) is 9.48 Å². The molecule has 21 heteroatoms. The van der Waals surface area contributed by atoms with Gasteiger partial charge in [0, 0.05) is 13.1 Å². The van der Waals surface area contributed by atoms with Gasteiger partial charge < -0.3 is 35.5 Å². The summed E-state index contributed by atoms with van der Waals surface area (Å²) in [5.41, 5.74) is -1.95. The summed E-state index contributed by atoms with van der Waals surface area (Å²) in [6.45, 7) is 12.4. The van der Waals surface area contributed by atoms with Gasteiger partial charge in [0.05, 0.1) is 57.4 Å². The van der Waals surface area contributed by atoms with Crippen LogP contribution in [0.3, 0.4) is 0 Å². The van der Waals surface area contributed by atoms with E-state index in [0.29, 0.717) is 32.0 Å². The van der Waals surface area contributed by atoms with Crippen molar-refractivity contribution in [3.05, 3.63) is 11.9 Å². The number of aromatic nitrogens is 3. The number of carbonyl (C=O) groups excluding carboxylic acids is 6. The normalized spacial score (nSPS) is 15.8. The highest BCUT2D eigenvalue weighted by Crippen LogP contribution is 2.21. The van der Waals surface area contributed by atoms with E-state index in [0.717, 1.165) is 26.0 Å². The van der Waals surface area contributed by atoms with Crippen molar-refractivity contribution >= 4 is 45.7 Å². The van der Waals surface area contributed by atoms with E-state index in [-0.39, 0.29) is 56.3 Å². The van der Waals surface area contributed by atoms with Gasteiger partial charge >= 0.3 is 6.16 Å². The molecule has 1 fully saturated rings. The highest BCUT2D eigenvalue weighted by molar-refractivity contribution is 7.86. The quantitative estimate of drug-likeness (QED) is 0.0805. The van der Waals surface area contributed by atoms with Crippen molar-refractivity contribution in [2.75, 3.05) is 58.8 Å². The van der Waals surface area contributed by atoms with Crippen LogP contribution < -0.4 is 21.3 Å². The number of nitrogens with zero attached hydrogens (tertiary/aromatic N) is 4. The first kappa shape index (κ1) is 47.9. The second-order valence-corrected chi connectivity index (χ2v) is 16.4. The second-order valence-electron chi connectivity index (χ2n) is 14.7. The monoisotopic (exact) mass is 816 g/mol. The number of rotatable bonds is 24. The molecule has 1 saturated heterocycles. The molecule has 0 radical (unpaired) electrons. The summed E-state index contributed by atoms with van der Waals surface area (Å²) in [7, 11) is -4.12. The van der Waals surface area contributed by atoms with Gasteiger partial charge in [0.25, 0.3) is 10.1 Å². The zero-order chi connectivity index (χ0) is 42.1. The molecule has 1 aromatic rings. The predicted molar refractivity (Wildman–Crippen MR) is 201 cm³/mol. The summed E-state index contributed by atoms with van der Waals surface area (Å²) in [5, 5.41) is 18.2. The van der Waals surface area contributed by atoms with Crippen molar-refractivity contribution in [1.82, 2.24) is 41.2 Å². The summed E-state index contributed by atoms with van der Waals surface area (Å²) in [4.78, 5) is 80.1. The largest absolute Gasteiger partial charge is 0.509 e. The van der Waals surface area contributed by atoms with Crippen LogP contribution in [0.4, 0.5) is 4.79 Å². The van der Waals surface area contributed by atoms with Crippen LogP contribution in [-0.2, 0) is 59.1 Å². The molecule has 318 valence electrons. The van der Waals surface area contributed by atoms with E-state index in [2.05, 4.69) is 31.6 Å². The third kappa shape index (κ3) is 17.7. The molecule has 0 aromatic carbocycles. The van der Waals surface area contributed by atoms with E-state index in [1.807, 2.05) is 32.6 Å². The number of Topliss-reactive ketones (excluding diaryl/α,β-unsaturated/α-hetero) is 1. The molecule has 0 bridgehead atoms. The van der Waals surface area contributed by atoms with E-state index in [1.165, 1.54) is 0 Å². The van der Waals surface area contributed by atoms with Gasteiger partial charge in [-0.3, -0.25) is 33.1 Å². The number of amides is 4. The topological polar surface area (TPSA) is 256 Å². The second kappa shape index (κ2) is 23.1. The molecular formula is C35H60N8O12S. The fraction of sp³-hybridized carbons (Fsp3) is 0.771. The zero-order valence-corrected chi connectivity index (χ0v) is 34.6. The highest BCUT2D eigenvalue weighted by atomic mass is 32.2. The molecule has 0 saturated carbocycles. The molecule has 1 aliphatic heterocycles. The Balaban J connectivity index is 2.08. The Morgan fingerprint density at radius 3 is 2.04 bits per heavy atom. The van der Waals surface area contributed by atoms with E-state index in [4.69, 9.17) is 18.4 Å². The van der Waals surface area contributed by atoms with Gasteiger partial charge in [0.15, 0.2) is 5.60 Å². The van der Waals surface area contributed by atoms with Crippen molar-refractivity contribution in [1.29, 1.82) is 0 Å². The molecule has 20 nitrogen and oxygen atoms in total. The fourth-order valence-electron chi connectivity index (χ4n) is 5.69. The molecule has 0 spiro atoms. The van der Waals surface area contributed by atoms with E-state index >= 15 is 0 Å². The molecule has 4 N–H and O–H groups in total. The minimum absolute atomic E-state index is 0.0355. The molecule has 1 aromatic heterocycles. The number of hydrogen-bond donors (Lipinski definition) is 4. The Morgan fingerprint density at radius 2 is 1.46 bits per heavy atom. The number of nitrogens with one attached hydrogen (secondary N) is 4. The maximum Gasteiger partial charge on any atom is 0.509 e. The van der Waals surface area contributed by atoms with Gasteiger partial charge in [-0.05, 0) is 44.4 Å². The third-order valence-electron chi connectivity index (χ3n) is 8.65. The summed E-state index contributed by atoms with van der Waals surface area (Å²) in [6, 6.07) is -2.27. The lowest BCUT2D eigenvalue weighted by Crippen LogP contribution is -2.57. The number of morpholine rings is 1. The molecule has 56 heavy (non-hydrogen) atoms. The van der Waals surface area contributed by atoms with Crippen LogP contribution in [0.5, 0.6) is 0 Å². The van der Waals surface area contributed by atoms with Crippen LogP contribution in [0, 0.1) is 11.8 Å². The summed E-state index contributed by atoms with van der Waals surface area (Å²) >= 11 is 0. The van der Waals surface area contributed by atoms with Crippen LogP contribution >= 0.6 is 0 Å². The molecular weight excluding hydrogens is 756 g/mol. The lowest BCUT2D eigenvalue weighted by Gasteiger charge is -2.31. The highest BCUT2D eigenvalue weighted by Gasteiger charge is 2.44. The Hall–Kier alpha value is -4.21. The SMILES string of the molecule is CCC(CC)n1cc(COC(=O)OC(C)(COS(C)(=O)=O)C(=O)[C@H](CC(C)C)NC(=O)CNC(=O)[C@H](CC(C)C)NC(=O)CNC(=O)CN2CCOCC2)nn1. The maximum atomic E-state index is 14.0. The Labute approximate surface area is 328 Å². The smallest absolute Gasteiger partial charge is 0.428 e. The molecule has 1 unspecified atom stereocenters. The zero-order valence-electron chi connectivity index (χ0n) is 33.8. The molecule has 2 rings (SSSR count). The summed E-state index contributed by atoms with van der Waals surface area (Å²) in [5.74, 6) is -3.55. The third-order valence-corrected chi connectivity index (χ3v) is 9.19. The standard InChI is InChI=1S/C35H60N8O12S/c1-9-26(10-2)43-19-25(40-41-43)21-53-34(49)55-35(7,22-54-56(8,50)51)32(47)27(15-23(3)4)38-30(45)18-37-33(48)28(16-24(5)6)39-29(44)17-36-31(46)20-42-11-13-52-14-12-42/h19,23-24,26-28H,9-18,20-22H2,1-8H3,(H,36,46)(H,37,48)(H,38,45)(H,39,44)/t27-,28-,35?/m0/s1. The Bertz CT molecular complexity index is 1580. The lowest BCUT2D eigenvalue weighted by molar-refractivity contribution is -0.146. The minimum Gasteiger partial charge on any atom is -0.428 e. The van der Waals surface area contributed by atoms with Gasteiger partial charge in [-0.2, -0.15) is 8.42 Å². The van der Waals surface area contributed by atoms with Crippen molar-refractivity contribution in [3.8, 4) is 0 Å².